The smallest absolute Gasteiger partial charge is 0.244 e. The van der Waals surface area contributed by atoms with Crippen LogP contribution in [0.5, 0.6) is 0 Å². The number of nitrogens with one attached hydrogen (secondary N) is 1. The van der Waals surface area contributed by atoms with Crippen molar-refractivity contribution in [1.82, 2.24) is 10.2 Å². The molecule has 174 valence electrons. The van der Waals surface area contributed by atoms with Gasteiger partial charge >= 0.3 is 0 Å². The Bertz CT molecular complexity index is 1050. The molecular weight excluding hydrogens is 501 g/mol. The van der Waals surface area contributed by atoms with Crippen LogP contribution in [0.25, 0.3) is 0 Å². The summed E-state index contributed by atoms with van der Waals surface area (Å²) >= 11 is 3.36. The molecule has 0 aliphatic rings. The first-order chi connectivity index (χ1) is 15.0. The van der Waals surface area contributed by atoms with Gasteiger partial charge in [0, 0.05) is 17.6 Å². The van der Waals surface area contributed by atoms with E-state index < -0.39 is 34.3 Å². The number of hydrogen-bond donors (Lipinski definition) is 1. The summed E-state index contributed by atoms with van der Waals surface area (Å²) in [4.78, 5) is 27.2. The van der Waals surface area contributed by atoms with Crippen LogP contribution in [0.1, 0.15) is 25.8 Å². The van der Waals surface area contributed by atoms with E-state index in [4.69, 9.17) is 0 Å². The Morgan fingerprint density at radius 1 is 1.16 bits per heavy atom. The summed E-state index contributed by atoms with van der Waals surface area (Å²) in [5.74, 6) is -1.54. The van der Waals surface area contributed by atoms with E-state index in [0.29, 0.717) is 6.54 Å². The van der Waals surface area contributed by atoms with E-state index in [1.54, 1.807) is 6.92 Å². The van der Waals surface area contributed by atoms with E-state index in [0.717, 1.165) is 33.1 Å². The first-order valence-electron chi connectivity index (χ1n) is 10.1. The van der Waals surface area contributed by atoms with E-state index in [1.807, 2.05) is 31.2 Å². The van der Waals surface area contributed by atoms with Crippen molar-refractivity contribution in [3.05, 3.63) is 64.4 Å². The van der Waals surface area contributed by atoms with Gasteiger partial charge in [0.05, 0.1) is 11.9 Å². The highest BCUT2D eigenvalue weighted by molar-refractivity contribution is 9.10. The van der Waals surface area contributed by atoms with Crippen molar-refractivity contribution in [3.8, 4) is 0 Å². The Hall–Kier alpha value is -2.46. The highest BCUT2D eigenvalue weighted by Gasteiger charge is 2.30. The van der Waals surface area contributed by atoms with Crippen LogP contribution in [0, 0.1) is 5.82 Å². The van der Waals surface area contributed by atoms with Gasteiger partial charge in [-0.2, -0.15) is 0 Å². The monoisotopic (exact) mass is 527 g/mol. The Kier molecular flexibility index (Phi) is 9.21. The quantitative estimate of drug-likeness (QED) is 0.513. The molecule has 2 aromatic rings. The molecule has 0 heterocycles. The molecule has 0 saturated heterocycles. The van der Waals surface area contributed by atoms with Gasteiger partial charge in [0.1, 0.15) is 18.4 Å². The van der Waals surface area contributed by atoms with Gasteiger partial charge in [-0.25, -0.2) is 12.8 Å². The number of halogens is 2. The topological polar surface area (TPSA) is 86.8 Å². The number of anilines is 1. The van der Waals surface area contributed by atoms with Crippen LogP contribution in [-0.4, -0.2) is 50.5 Å². The predicted octanol–water partition coefficient (Wildman–Crippen LogP) is 3.30. The minimum absolute atomic E-state index is 0.0347. The van der Waals surface area contributed by atoms with Gasteiger partial charge in [-0.3, -0.25) is 13.9 Å². The van der Waals surface area contributed by atoms with E-state index >= 15 is 0 Å². The number of carbonyl (C=O) groups is 2. The molecule has 0 aliphatic carbocycles. The fourth-order valence-electron chi connectivity index (χ4n) is 3.01. The number of sulfonamides is 1. The zero-order valence-corrected chi connectivity index (χ0v) is 20.6. The van der Waals surface area contributed by atoms with Gasteiger partial charge in [0.2, 0.25) is 21.8 Å². The lowest BCUT2D eigenvalue weighted by Crippen LogP contribution is -2.51. The number of benzene rings is 2. The molecule has 7 nitrogen and oxygen atoms in total. The van der Waals surface area contributed by atoms with Crippen LogP contribution in [0.3, 0.4) is 0 Å². The third-order valence-corrected chi connectivity index (χ3v) is 6.43. The van der Waals surface area contributed by atoms with Crippen molar-refractivity contribution in [2.45, 2.75) is 32.9 Å². The van der Waals surface area contributed by atoms with Gasteiger partial charge < -0.3 is 10.2 Å². The molecular formula is C22H27BrFN3O4S. The molecule has 0 saturated carbocycles. The second kappa shape index (κ2) is 11.4. The van der Waals surface area contributed by atoms with Crippen LogP contribution in [0.15, 0.2) is 53.0 Å². The SMILES string of the molecule is CCCNC(=O)C(C)N(Cc1ccc(Br)cc1)C(=O)CN(c1cccc(F)c1)S(C)(=O)=O. The van der Waals surface area contributed by atoms with E-state index in [2.05, 4.69) is 21.2 Å². The normalized spacial score (nSPS) is 12.2. The second-order valence-corrected chi connectivity index (χ2v) is 10.2. The van der Waals surface area contributed by atoms with Gasteiger partial charge in [0.25, 0.3) is 0 Å². The van der Waals surface area contributed by atoms with E-state index in [9.17, 15) is 22.4 Å². The zero-order valence-electron chi connectivity index (χ0n) is 18.2. The number of rotatable bonds is 10. The zero-order chi connectivity index (χ0) is 23.9. The number of hydrogen-bond acceptors (Lipinski definition) is 4. The summed E-state index contributed by atoms with van der Waals surface area (Å²) in [6, 6.07) is 11.4. The molecule has 2 amide bonds. The Balaban J connectivity index is 2.35. The van der Waals surface area contributed by atoms with Gasteiger partial charge in [0.15, 0.2) is 0 Å². The molecule has 10 heteroatoms. The Morgan fingerprint density at radius 2 is 1.81 bits per heavy atom. The highest BCUT2D eigenvalue weighted by atomic mass is 79.9. The number of nitrogens with zero attached hydrogens (tertiary/aromatic N) is 2. The van der Waals surface area contributed by atoms with Crippen molar-refractivity contribution < 1.29 is 22.4 Å². The molecule has 0 aliphatic heterocycles. The van der Waals surface area contributed by atoms with Crippen LogP contribution >= 0.6 is 15.9 Å². The first-order valence-corrected chi connectivity index (χ1v) is 12.7. The Labute approximate surface area is 196 Å². The fraction of sp³-hybridized carbons (Fsp3) is 0.364. The molecule has 2 rings (SSSR count). The molecule has 0 fully saturated rings. The number of carbonyl (C=O) groups excluding carboxylic acids is 2. The average molecular weight is 528 g/mol. The highest BCUT2D eigenvalue weighted by Crippen LogP contribution is 2.20. The van der Waals surface area contributed by atoms with Crippen LogP contribution in [0.2, 0.25) is 0 Å². The summed E-state index contributed by atoms with van der Waals surface area (Å²) in [6.45, 7) is 3.51. The predicted molar refractivity (Wildman–Crippen MR) is 126 cm³/mol. The third kappa shape index (κ3) is 7.30. The lowest BCUT2D eigenvalue weighted by atomic mass is 10.1. The van der Waals surface area contributed by atoms with Crippen LogP contribution in [0.4, 0.5) is 10.1 Å². The van der Waals surface area contributed by atoms with Crippen molar-refractivity contribution >= 4 is 43.5 Å². The van der Waals surface area contributed by atoms with Crippen molar-refractivity contribution in [2.24, 2.45) is 0 Å². The lowest BCUT2D eigenvalue weighted by molar-refractivity contribution is -0.139. The molecule has 0 radical (unpaired) electrons. The summed E-state index contributed by atoms with van der Waals surface area (Å²) in [6.07, 6.45) is 1.68. The van der Waals surface area contributed by atoms with Gasteiger partial charge in [-0.1, -0.05) is 41.1 Å². The Morgan fingerprint density at radius 3 is 2.38 bits per heavy atom. The van der Waals surface area contributed by atoms with Crippen LogP contribution in [-0.2, 0) is 26.2 Å². The molecule has 1 N–H and O–H groups in total. The van der Waals surface area contributed by atoms with E-state index in [-0.39, 0.29) is 18.1 Å². The van der Waals surface area contributed by atoms with E-state index in [1.165, 1.54) is 23.1 Å². The minimum Gasteiger partial charge on any atom is -0.354 e. The van der Waals surface area contributed by atoms with Crippen molar-refractivity contribution in [1.29, 1.82) is 0 Å². The maximum atomic E-state index is 13.7. The van der Waals surface area contributed by atoms with Crippen molar-refractivity contribution in [3.63, 3.8) is 0 Å². The summed E-state index contributed by atoms with van der Waals surface area (Å²) in [5.41, 5.74) is 0.806. The number of amides is 2. The molecule has 0 spiro atoms. The second-order valence-electron chi connectivity index (χ2n) is 7.36. The van der Waals surface area contributed by atoms with Gasteiger partial charge in [-0.05, 0) is 49.2 Å². The maximum absolute atomic E-state index is 13.7. The lowest BCUT2D eigenvalue weighted by Gasteiger charge is -2.31. The average Bonchev–Trinajstić information content (AvgIpc) is 2.73. The fourth-order valence-corrected chi connectivity index (χ4v) is 4.12. The first kappa shape index (κ1) is 25.8. The summed E-state index contributed by atoms with van der Waals surface area (Å²) in [5, 5.41) is 2.76. The molecule has 0 aromatic heterocycles. The molecule has 32 heavy (non-hydrogen) atoms. The van der Waals surface area contributed by atoms with Crippen molar-refractivity contribution in [2.75, 3.05) is 23.7 Å². The third-order valence-electron chi connectivity index (χ3n) is 4.76. The molecule has 1 atom stereocenters. The molecule has 0 bridgehead atoms. The minimum atomic E-state index is -3.89. The van der Waals surface area contributed by atoms with Gasteiger partial charge in [-0.15, -0.1) is 0 Å². The van der Waals surface area contributed by atoms with Crippen LogP contribution < -0.4 is 9.62 Å². The maximum Gasteiger partial charge on any atom is 0.244 e. The molecule has 1 unspecified atom stereocenters. The summed E-state index contributed by atoms with van der Waals surface area (Å²) < 4.78 is 40.2. The molecule has 2 aromatic carbocycles. The largest absolute Gasteiger partial charge is 0.354 e. The summed E-state index contributed by atoms with van der Waals surface area (Å²) in [7, 11) is -3.89. The standard InChI is InChI=1S/C22H27BrFN3O4S/c1-4-12-25-22(29)16(2)26(14-17-8-10-18(23)11-9-17)21(28)15-27(32(3,30)31)20-7-5-6-19(24)13-20/h5-11,13,16H,4,12,14-15H2,1-3H3,(H,25,29).